The Labute approximate surface area is 126 Å². The van der Waals surface area contributed by atoms with Gasteiger partial charge < -0.3 is 10.6 Å². The van der Waals surface area contributed by atoms with Crippen LogP contribution >= 0.6 is 11.3 Å². The van der Waals surface area contributed by atoms with Crippen LogP contribution in [0.5, 0.6) is 0 Å². The number of anilines is 1. The summed E-state index contributed by atoms with van der Waals surface area (Å²) in [5, 5.41) is 7.19. The van der Waals surface area contributed by atoms with Gasteiger partial charge in [-0.2, -0.15) is 0 Å². The molecule has 0 fully saturated rings. The second-order valence-corrected chi connectivity index (χ2v) is 5.44. The SMILES string of the molecule is Cc1cc(F)ccc1NC(=O)CCNC(=O)c1cccs1. The Bertz CT molecular complexity index is 641. The molecule has 0 aliphatic rings. The molecule has 0 atom stereocenters. The van der Waals surface area contributed by atoms with Crippen molar-refractivity contribution in [1.29, 1.82) is 0 Å². The van der Waals surface area contributed by atoms with Crippen LogP contribution in [0.25, 0.3) is 0 Å². The minimum absolute atomic E-state index is 0.161. The van der Waals surface area contributed by atoms with Crippen LogP contribution in [-0.4, -0.2) is 18.4 Å². The molecule has 0 saturated carbocycles. The van der Waals surface area contributed by atoms with E-state index in [1.807, 2.05) is 5.38 Å². The number of carbonyl (C=O) groups is 2. The highest BCUT2D eigenvalue weighted by atomic mass is 32.1. The van der Waals surface area contributed by atoms with Gasteiger partial charge in [0.2, 0.25) is 5.91 Å². The molecule has 1 aromatic carbocycles. The van der Waals surface area contributed by atoms with Crippen molar-refractivity contribution in [2.75, 3.05) is 11.9 Å². The van der Waals surface area contributed by atoms with E-state index >= 15 is 0 Å². The van der Waals surface area contributed by atoms with E-state index in [2.05, 4.69) is 10.6 Å². The van der Waals surface area contributed by atoms with Gasteiger partial charge >= 0.3 is 0 Å². The summed E-state index contributed by atoms with van der Waals surface area (Å²) >= 11 is 1.35. The lowest BCUT2D eigenvalue weighted by Crippen LogP contribution is -2.27. The van der Waals surface area contributed by atoms with E-state index < -0.39 is 0 Å². The first-order chi connectivity index (χ1) is 10.1. The van der Waals surface area contributed by atoms with Crippen LogP contribution < -0.4 is 10.6 Å². The van der Waals surface area contributed by atoms with E-state index in [-0.39, 0.29) is 30.6 Å². The van der Waals surface area contributed by atoms with E-state index in [4.69, 9.17) is 0 Å². The maximum Gasteiger partial charge on any atom is 0.261 e. The highest BCUT2D eigenvalue weighted by Gasteiger charge is 2.08. The molecule has 1 heterocycles. The number of benzene rings is 1. The average molecular weight is 306 g/mol. The summed E-state index contributed by atoms with van der Waals surface area (Å²) in [6, 6.07) is 7.69. The molecule has 2 rings (SSSR count). The molecule has 2 aromatic rings. The minimum Gasteiger partial charge on any atom is -0.351 e. The number of amides is 2. The number of nitrogens with one attached hydrogen (secondary N) is 2. The van der Waals surface area contributed by atoms with Crippen molar-refractivity contribution in [3.8, 4) is 0 Å². The van der Waals surface area contributed by atoms with Gasteiger partial charge in [-0.15, -0.1) is 11.3 Å². The summed E-state index contributed by atoms with van der Waals surface area (Å²) in [7, 11) is 0. The minimum atomic E-state index is -0.339. The summed E-state index contributed by atoms with van der Waals surface area (Å²) in [5.74, 6) is -0.749. The predicted octanol–water partition coefficient (Wildman–Crippen LogP) is 2.95. The Morgan fingerprint density at radius 2 is 2.10 bits per heavy atom. The van der Waals surface area contributed by atoms with E-state index in [0.717, 1.165) is 0 Å². The summed E-state index contributed by atoms with van der Waals surface area (Å²) in [6.45, 7) is 1.97. The molecule has 6 heteroatoms. The van der Waals surface area contributed by atoms with Crippen LogP contribution in [0.4, 0.5) is 10.1 Å². The maximum absolute atomic E-state index is 13.0. The van der Waals surface area contributed by atoms with Crippen molar-refractivity contribution in [3.63, 3.8) is 0 Å². The van der Waals surface area contributed by atoms with Crippen LogP contribution in [0, 0.1) is 12.7 Å². The van der Waals surface area contributed by atoms with E-state index in [9.17, 15) is 14.0 Å². The van der Waals surface area contributed by atoms with Gasteiger partial charge in [-0.1, -0.05) is 6.07 Å². The van der Waals surface area contributed by atoms with Gasteiger partial charge in [-0.25, -0.2) is 4.39 Å². The molecule has 0 saturated heterocycles. The van der Waals surface area contributed by atoms with E-state index in [0.29, 0.717) is 16.1 Å². The Hall–Kier alpha value is -2.21. The Balaban J connectivity index is 1.78. The number of halogens is 1. The fourth-order valence-electron chi connectivity index (χ4n) is 1.76. The lowest BCUT2D eigenvalue weighted by Gasteiger charge is -2.08. The van der Waals surface area contributed by atoms with Gasteiger partial charge in [0.05, 0.1) is 4.88 Å². The number of hydrogen-bond acceptors (Lipinski definition) is 3. The van der Waals surface area contributed by atoms with Crippen molar-refractivity contribution in [3.05, 3.63) is 52.0 Å². The fourth-order valence-corrected chi connectivity index (χ4v) is 2.40. The molecule has 2 amide bonds. The van der Waals surface area contributed by atoms with Crippen LogP contribution in [0.2, 0.25) is 0 Å². The predicted molar refractivity (Wildman–Crippen MR) is 81.0 cm³/mol. The Kier molecular flexibility index (Phi) is 5.05. The highest BCUT2D eigenvalue weighted by Crippen LogP contribution is 2.15. The normalized spacial score (nSPS) is 10.2. The number of thiophene rings is 1. The molecule has 4 nitrogen and oxygen atoms in total. The van der Waals surface area contributed by atoms with Gasteiger partial charge in [0.25, 0.3) is 5.91 Å². The maximum atomic E-state index is 13.0. The number of aryl methyl sites for hydroxylation is 1. The second kappa shape index (κ2) is 6.99. The molecule has 0 bridgehead atoms. The smallest absolute Gasteiger partial charge is 0.261 e. The van der Waals surface area contributed by atoms with Gasteiger partial charge in [-0.3, -0.25) is 9.59 Å². The van der Waals surface area contributed by atoms with Gasteiger partial charge in [0, 0.05) is 18.7 Å². The molecular weight excluding hydrogens is 291 g/mol. The molecule has 0 unspecified atom stereocenters. The third kappa shape index (κ3) is 4.39. The molecule has 1 aromatic heterocycles. The van der Waals surface area contributed by atoms with Gasteiger partial charge in [0.15, 0.2) is 0 Å². The largest absolute Gasteiger partial charge is 0.351 e. The summed E-state index contributed by atoms with van der Waals surface area (Å²) in [6.07, 6.45) is 0.161. The summed E-state index contributed by atoms with van der Waals surface area (Å²) in [5.41, 5.74) is 1.23. The quantitative estimate of drug-likeness (QED) is 0.892. The first-order valence-corrected chi connectivity index (χ1v) is 7.32. The second-order valence-electron chi connectivity index (χ2n) is 4.49. The molecule has 110 valence electrons. The Morgan fingerprint density at radius 3 is 2.76 bits per heavy atom. The van der Waals surface area contributed by atoms with E-state index in [1.54, 1.807) is 19.1 Å². The lowest BCUT2D eigenvalue weighted by molar-refractivity contribution is -0.116. The first-order valence-electron chi connectivity index (χ1n) is 6.44. The molecular formula is C15H15FN2O2S. The molecule has 21 heavy (non-hydrogen) atoms. The number of carbonyl (C=O) groups excluding carboxylic acids is 2. The number of hydrogen-bond donors (Lipinski definition) is 2. The molecule has 0 radical (unpaired) electrons. The topological polar surface area (TPSA) is 58.2 Å². The zero-order valence-corrected chi connectivity index (χ0v) is 12.3. The zero-order chi connectivity index (χ0) is 15.2. The monoisotopic (exact) mass is 306 g/mol. The fraction of sp³-hybridized carbons (Fsp3) is 0.200. The first kappa shape index (κ1) is 15.2. The third-order valence-corrected chi connectivity index (χ3v) is 3.71. The summed E-state index contributed by atoms with van der Waals surface area (Å²) < 4.78 is 13.0. The van der Waals surface area contributed by atoms with Crippen LogP contribution in [-0.2, 0) is 4.79 Å². The van der Waals surface area contributed by atoms with Crippen LogP contribution in [0.3, 0.4) is 0 Å². The van der Waals surface area contributed by atoms with Crippen molar-refractivity contribution in [2.24, 2.45) is 0 Å². The van der Waals surface area contributed by atoms with Crippen molar-refractivity contribution in [2.45, 2.75) is 13.3 Å². The highest BCUT2D eigenvalue weighted by molar-refractivity contribution is 7.12. The average Bonchev–Trinajstić information content (AvgIpc) is 2.96. The molecule has 0 aliphatic carbocycles. The lowest BCUT2D eigenvalue weighted by atomic mass is 10.2. The van der Waals surface area contributed by atoms with Crippen LogP contribution in [0.15, 0.2) is 35.7 Å². The van der Waals surface area contributed by atoms with Crippen molar-refractivity contribution >= 4 is 28.8 Å². The van der Waals surface area contributed by atoms with Crippen molar-refractivity contribution < 1.29 is 14.0 Å². The van der Waals surface area contributed by atoms with Crippen molar-refractivity contribution in [1.82, 2.24) is 5.32 Å². The van der Waals surface area contributed by atoms with Gasteiger partial charge in [-0.05, 0) is 42.1 Å². The molecule has 0 spiro atoms. The Morgan fingerprint density at radius 1 is 1.29 bits per heavy atom. The zero-order valence-electron chi connectivity index (χ0n) is 11.5. The molecule has 2 N–H and O–H groups in total. The summed E-state index contributed by atoms with van der Waals surface area (Å²) in [4.78, 5) is 24.0. The molecule has 0 aliphatic heterocycles. The van der Waals surface area contributed by atoms with E-state index in [1.165, 1.54) is 29.5 Å². The standard InChI is InChI=1S/C15H15FN2O2S/c1-10-9-11(16)4-5-12(10)18-14(19)6-7-17-15(20)13-3-2-8-21-13/h2-5,8-9H,6-7H2,1H3,(H,17,20)(H,18,19). The third-order valence-electron chi connectivity index (χ3n) is 2.85. The number of rotatable bonds is 5. The van der Waals surface area contributed by atoms with Gasteiger partial charge in [0.1, 0.15) is 5.82 Å². The van der Waals surface area contributed by atoms with Crippen LogP contribution in [0.1, 0.15) is 21.7 Å².